The second-order valence-corrected chi connectivity index (χ2v) is 2.17. The number of H-pyrrole nitrogens is 2. The van der Waals surface area contributed by atoms with Crippen LogP contribution in [0.4, 0.5) is 11.5 Å². The molecule has 0 saturated carbocycles. The number of nitrogens with two attached hydrogens (primary N) is 1. The van der Waals surface area contributed by atoms with Gasteiger partial charge in [0.2, 0.25) is 5.69 Å². The Balaban J connectivity index is 3.62. The standard InChI is InChI=1S/C4H4N4O2S/c5-2-1(8-10)3(9)7-4(11)6-2/h(H4,5,6,7,9,11)/i4+1. The van der Waals surface area contributed by atoms with Crippen molar-refractivity contribution in [3.05, 3.63) is 20.0 Å². The Morgan fingerprint density at radius 3 is 2.55 bits per heavy atom. The van der Waals surface area contributed by atoms with Gasteiger partial charge in [0.15, 0.2) is 4.77 Å². The summed E-state index contributed by atoms with van der Waals surface area (Å²) >= 11 is 4.56. The van der Waals surface area contributed by atoms with Gasteiger partial charge in [-0.05, 0) is 17.4 Å². The third kappa shape index (κ3) is 1.32. The second kappa shape index (κ2) is 2.62. The highest BCUT2D eigenvalue weighted by atomic mass is 32.1. The predicted octanol–water partition coefficient (Wildman–Crippen LogP) is 0.413. The molecule has 0 radical (unpaired) electrons. The Bertz CT molecular complexity index is 392. The minimum Gasteiger partial charge on any atom is -0.383 e. The average molecular weight is 173 g/mol. The average Bonchev–Trinajstić information content (AvgIpc) is 1.85. The fourth-order valence-corrected chi connectivity index (χ4v) is 0.791. The van der Waals surface area contributed by atoms with Crippen molar-refractivity contribution in [2.45, 2.75) is 0 Å². The van der Waals surface area contributed by atoms with E-state index in [9.17, 15) is 9.70 Å². The number of nitrogens with one attached hydrogen (secondary N) is 2. The van der Waals surface area contributed by atoms with E-state index in [2.05, 4.69) is 27.4 Å². The van der Waals surface area contributed by atoms with E-state index in [1.165, 1.54) is 0 Å². The van der Waals surface area contributed by atoms with Crippen LogP contribution >= 0.6 is 12.2 Å². The maximum Gasteiger partial charge on any atom is 0.283 e. The first-order valence-electron chi connectivity index (χ1n) is 2.60. The molecule has 1 aromatic rings. The molecular weight excluding hydrogens is 169 g/mol. The fourth-order valence-electron chi connectivity index (χ4n) is 0.588. The second-order valence-electron chi connectivity index (χ2n) is 1.76. The number of anilines is 1. The summed E-state index contributed by atoms with van der Waals surface area (Å²) in [7, 11) is 0. The van der Waals surface area contributed by atoms with Gasteiger partial charge < -0.3 is 10.7 Å². The van der Waals surface area contributed by atoms with Crippen molar-refractivity contribution >= 4 is 23.7 Å². The Hall–Kier alpha value is -1.50. The van der Waals surface area contributed by atoms with Crippen LogP contribution < -0.4 is 11.3 Å². The third-order valence-corrected chi connectivity index (χ3v) is 1.24. The Labute approximate surface area is 65.4 Å². The largest absolute Gasteiger partial charge is 0.383 e. The molecule has 0 bridgehead atoms. The van der Waals surface area contributed by atoms with Crippen molar-refractivity contribution in [1.82, 2.24) is 9.97 Å². The molecule has 0 atom stereocenters. The van der Waals surface area contributed by atoms with Crippen molar-refractivity contribution < 1.29 is 0 Å². The maximum absolute atomic E-state index is 10.8. The zero-order valence-electron chi connectivity index (χ0n) is 5.25. The van der Waals surface area contributed by atoms with Gasteiger partial charge >= 0.3 is 0 Å². The van der Waals surface area contributed by atoms with Gasteiger partial charge in [-0.3, -0.25) is 9.78 Å². The lowest BCUT2D eigenvalue weighted by molar-refractivity contribution is 1.09. The lowest BCUT2D eigenvalue weighted by Crippen LogP contribution is -2.09. The zero-order chi connectivity index (χ0) is 8.43. The summed E-state index contributed by atoms with van der Waals surface area (Å²) in [4.78, 5) is 25.3. The van der Waals surface area contributed by atoms with E-state index >= 15 is 0 Å². The molecule has 0 saturated heterocycles. The predicted molar refractivity (Wildman–Crippen MR) is 42.1 cm³/mol. The lowest BCUT2D eigenvalue weighted by Gasteiger charge is -1.93. The number of aromatic amines is 2. The molecule has 0 aliphatic heterocycles. The molecule has 1 heterocycles. The molecule has 0 aromatic carbocycles. The zero-order valence-corrected chi connectivity index (χ0v) is 6.07. The molecule has 7 heteroatoms. The number of aromatic nitrogens is 2. The first-order chi connectivity index (χ1) is 5.15. The first kappa shape index (κ1) is 7.61. The highest BCUT2D eigenvalue weighted by Gasteiger charge is 2.03. The Morgan fingerprint density at radius 1 is 1.45 bits per heavy atom. The topological polar surface area (TPSA) is 104 Å². The van der Waals surface area contributed by atoms with E-state index in [0.29, 0.717) is 0 Å². The smallest absolute Gasteiger partial charge is 0.283 e. The normalized spacial score (nSPS) is 9.45. The minimum atomic E-state index is -0.679. The molecule has 1 rings (SSSR count). The van der Waals surface area contributed by atoms with E-state index in [1.54, 1.807) is 0 Å². The van der Waals surface area contributed by atoms with E-state index in [-0.39, 0.29) is 16.3 Å². The van der Waals surface area contributed by atoms with Crippen molar-refractivity contribution in [2.75, 3.05) is 5.73 Å². The molecular formula is C4H4N4O2S. The van der Waals surface area contributed by atoms with Crippen LogP contribution in [-0.4, -0.2) is 9.97 Å². The van der Waals surface area contributed by atoms with Gasteiger partial charge in [0.1, 0.15) is 5.82 Å². The van der Waals surface area contributed by atoms with Gasteiger partial charge in [0.05, 0.1) is 0 Å². The monoisotopic (exact) mass is 173 g/mol. The van der Waals surface area contributed by atoms with Crippen molar-refractivity contribution in [2.24, 2.45) is 5.18 Å². The van der Waals surface area contributed by atoms with Gasteiger partial charge in [0.25, 0.3) is 5.56 Å². The van der Waals surface area contributed by atoms with Gasteiger partial charge in [0, 0.05) is 0 Å². The van der Waals surface area contributed by atoms with Crippen LogP contribution in [0.3, 0.4) is 0 Å². The summed E-state index contributed by atoms with van der Waals surface area (Å²) in [6.45, 7) is 0. The van der Waals surface area contributed by atoms with Crippen LogP contribution in [0.15, 0.2) is 9.97 Å². The van der Waals surface area contributed by atoms with E-state index < -0.39 is 5.56 Å². The molecule has 11 heavy (non-hydrogen) atoms. The van der Waals surface area contributed by atoms with Gasteiger partial charge in [-0.1, -0.05) is 0 Å². The van der Waals surface area contributed by atoms with Crippen LogP contribution in [0.5, 0.6) is 0 Å². The summed E-state index contributed by atoms with van der Waals surface area (Å²) in [5, 5.41) is 2.41. The van der Waals surface area contributed by atoms with E-state index in [4.69, 9.17) is 5.73 Å². The Morgan fingerprint density at radius 2 is 2.09 bits per heavy atom. The van der Waals surface area contributed by atoms with Crippen molar-refractivity contribution in [3.63, 3.8) is 0 Å². The SMILES string of the molecule is Nc1[nH][13c](=S)[nH]c(=O)c1N=O. The van der Waals surface area contributed by atoms with Crippen LogP contribution in [0.2, 0.25) is 0 Å². The molecule has 0 amide bonds. The number of hydrogen-bond donors (Lipinski definition) is 3. The molecule has 0 unspecified atom stereocenters. The molecule has 4 N–H and O–H groups in total. The number of nitroso groups, excluding NO2 is 1. The quantitative estimate of drug-likeness (QED) is 0.422. The minimum absolute atomic E-state index is 0.0694. The van der Waals surface area contributed by atoms with Gasteiger partial charge in [-0.25, -0.2) is 0 Å². The van der Waals surface area contributed by atoms with Crippen molar-refractivity contribution in [3.8, 4) is 0 Å². The first-order valence-corrected chi connectivity index (χ1v) is 3.01. The molecule has 0 fully saturated rings. The molecule has 6 nitrogen and oxygen atoms in total. The lowest BCUT2D eigenvalue weighted by atomic mass is 10.5. The highest BCUT2D eigenvalue weighted by Crippen LogP contribution is 2.09. The summed E-state index contributed by atoms with van der Waals surface area (Å²) in [6.07, 6.45) is 0. The summed E-state index contributed by atoms with van der Waals surface area (Å²) in [5.41, 5.74) is 4.14. The van der Waals surface area contributed by atoms with Gasteiger partial charge in [-0.2, -0.15) is 0 Å². The summed E-state index contributed by atoms with van der Waals surface area (Å²) in [5.74, 6) is -0.117. The van der Waals surface area contributed by atoms with Crippen LogP contribution in [-0.2, 0) is 0 Å². The number of nitrogens with zero attached hydrogens (tertiary/aromatic N) is 1. The molecule has 0 spiro atoms. The molecule has 1 aromatic heterocycles. The molecule has 0 aliphatic carbocycles. The molecule has 0 aliphatic rings. The number of hydrogen-bond acceptors (Lipinski definition) is 5. The summed E-state index contributed by atoms with van der Waals surface area (Å²) < 4.78 is 0.0694. The van der Waals surface area contributed by atoms with E-state index in [1.807, 2.05) is 0 Å². The fraction of sp³-hybridized carbons (Fsp3) is 0. The highest BCUT2D eigenvalue weighted by molar-refractivity contribution is 7.71. The maximum atomic E-state index is 10.8. The van der Waals surface area contributed by atoms with Crippen LogP contribution in [0.25, 0.3) is 0 Å². The van der Waals surface area contributed by atoms with Crippen LogP contribution in [0, 0.1) is 9.68 Å². The van der Waals surface area contributed by atoms with Gasteiger partial charge in [-0.15, -0.1) is 4.91 Å². The number of rotatable bonds is 1. The van der Waals surface area contributed by atoms with Crippen molar-refractivity contribution in [1.29, 1.82) is 0 Å². The molecule has 58 valence electrons. The summed E-state index contributed by atoms with van der Waals surface area (Å²) in [6, 6.07) is 0. The Kier molecular flexibility index (Phi) is 1.81. The van der Waals surface area contributed by atoms with Crippen LogP contribution in [0.1, 0.15) is 0 Å². The number of nitrogen functional groups attached to an aromatic ring is 1. The third-order valence-electron chi connectivity index (χ3n) is 1.04. The van der Waals surface area contributed by atoms with E-state index in [0.717, 1.165) is 0 Å².